The zero-order chi connectivity index (χ0) is 16.9. The fourth-order valence-corrected chi connectivity index (χ4v) is 3.37. The molecule has 3 aromatic rings. The molecule has 3 rings (SSSR count). The third-order valence-electron chi connectivity index (χ3n) is 4.15. The molecule has 0 amide bonds. The molecule has 0 aliphatic heterocycles. The van der Waals surface area contributed by atoms with Crippen molar-refractivity contribution in [2.45, 2.75) is 19.9 Å². The molecule has 0 aliphatic carbocycles. The maximum absolute atomic E-state index is 12.8. The minimum Gasteiger partial charge on any atom is -0.342 e. The van der Waals surface area contributed by atoms with E-state index in [9.17, 15) is 9.59 Å². The lowest BCUT2D eigenvalue weighted by atomic mass is 10.1. The predicted molar refractivity (Wildman–Crippen MR) is 95.9 cm³/mol. The molecule has 5 nitrogen and oxygen atoms in total. The average molecular weight is 376 g/mol. The first-order valence-corrected chi connectivity index (χ1v) is 8.19. The van der Waals surface area contributed by atoms with Crippen LogP contribution in [0.1, 0.15) is 19.9 Å². The Kier molecular flexibility index (Phi) is 3.80. The average Bonchev–Trinajstić information content (AvgIpc) is 2.92. The normalized spacial score (nSPS) is 11.6. The van der Waals surface area contributed by atoms with Crippen molar-refractivity contribution in [1.82, 2.24) is 13.7 Å². The number of aromatic nitrogens is 3. The molecule has 6 heteroatoms. The number of halogens is 1. The minimum atomic E-state index is -0.318. The van der Waals surface area contributed by atoms with Crippen LogP contribution in [0.2, 0.25) is 0 Å². The van der Waals surface area contributed by atoms with Crippen molar-refractivity contribution in [2.24, 2.45) is 14.1 Å². The van der Waals surface area contributed by atoms with Crippen LogP contribution in [-0.2, 0) is 14.1 Å². The van der Waals surface area contributed by atoms with Crippen LogP contribution in [0.3, 0.4) is 0 Å². The molecule has 0 saturated carbocycles. The van der Waals surface area contributed by atoms with Gasteiger partial charge >= 0.3 is 5.69 Å². The molecule has 120 valence electrons. The van der Waals surface area contributed by atoms with Gasteiger partial charge in [0.2, 0.25) is 0 Å². The molecule has 0 spiro atoms. The maximum Gasteiger partial charge on any atom is 0.330 e. The molecule has 0 bridgehead atoms. The third-order valence-corrected chi connectivity index (χ3v) is 4.84. The van der Waals surface area contributed by atoms with E-state index in [1.165, 1.54) is 11.6 Å². The van der Waals surface area contributed by atoms with E-state index in [1.807, 2.05) is 35.0 Å². The second kappa shape index (κ2) is 5.53. The number of rotatable bonds is 2. The summed E-state index contributed by atoms with van der Waals surface area (Å²) in [5.74, 6) is 0. The molecule has 0 aliphatic rings. The number of hydrogen-bond donors (Lipinski definition) is 0. The first-order valence-electron chi connectivity index (χ1n) is 7.40. The van der Waals surface area contributed by atoms with Crippen LogP contribution >= 0.6 is 15.9 Å². The SMILES string of the molecule is CC(C)n1cc2c(c1-c1ccccc1Br)c(=O)n(C)c(=O)n2C. The Morgan fingerprint density at radius 3 is 2.30 bits per heavy atom. The fraction of sp³-hybridized carbons (Fsp3) is 0.294. The Hall–Kier alpha value is -2.08. The lowest BCUT2D eigenvalue weighted by molar-refractivity contribution is 0.610. The largest absolute Gasteiger partial charge is 0.342 e. The van der Waals surface area contributed by atoms with Crippen LogP contribution < -0.4 is 11.2 Å². The Morgan fingerprint density at radius 1 is 1.04 bits per heavy atom. The Labute approximate surface area is 141 Å². The van der Waals surface area contributed by atoms with Crippen molar-refractivity contribution < 1.29 is 0 Å². The lowest BCUT2D eigenvalue weighted by Crippen LogP contribution is -2.36. The van der Waals surface area contributed by atoms with E-state index in [2.05, 4.69) is 29.8 Å². The monoisotopic (exact) mass is 375 g/mol. The number of nitrogens with zero attached hydrogens (tertiary/aromatic N) is 3. The zero-order valence-corrected chi connectivity index (χ0v) is 15.1. The molecule has 0 N–H and O–H groups in total. The van der Waals surface area contributed by atoms with E-state index in [-0.39, 0.29) is 17.3 Å². The van der Waals surface area contributed by atoms with Gasteiger partial charge in [0, 0.05) is 36.4 Å². The summed E-state index contributed by atoms with van der Waals surface area (Å²) >= 11 is 3.57. The van der Waals surface area contributed by atoms with Gasteiger partial charge in [-0.1, -0.05) is 34.1 Å². The van der Waals surface area contributed by atoms with Gasteiger partial charge in [-0.3, -0.25) is 13.9 Å². The molecule has 0 fully saturated rings. The van der Waals surface area contributed by atoms with Crippen LogP contribution in [0.25, 0.3) is 22.2 Å². The Balaban J connectivity index is 2.60. The first kappa shape index (κ1) is 15.8. The molecule has 0 atom stereocenters. The molecule has 0 saturated heterocycles. The van der Waals surface area contributed by atoms with E-state index >= 15 is 0 Å². The second-order valence-corrected chi connectivity index (χ2v) is 6.78. The van der Waals surface area contributed by atoms with Crippen LogP contribution in [0.15, 0.2) is 44.5 Å². The highest BCUT2D eigenvalue weighted by atomic mass is 79.9. The van der Waals surface area contributed by atoms with Gasteiger partial charge in [0.25, 0.3) is 5.56 Å². The lowest BCUT2D eigenvalue weighted by Gasteiger charge is -2.14. The van der Waals surface area contributed by atoms with Crippen LogP contribution in [0.4, 0.5) is 0 Å². The Morgan fingerprint density at radius 2 is 1.70 bits per heavy atom. The summed E-state index contributed by atoms with van der Waals surface area (Å²) in [5, 5.41) is 0.565. The number of benzene rings is 1. The molecule has 0 unspecified atom stereocenters. The van der Waals surface area contributed by atoms with Gasteiger partial charge in [-0.25, -0.2) is 4.79 Å². The van der Waals surface area contributed by atoms with Crippen LogP contribution in [-0.4, -0.2) is 13.7 Å². The van der Waals surface area contributed by atoms with Crippen molar-refractivity contribution in [1.29, 1.82) is 0 Å². The van der Waals surface area contributed by atoms with Crippen molar-refractivity contribution >= 4 is 26.8 Å². The number of hydrogen-bond acceptors (Lipinski definition) is 2. The summed E-state index contributed by atoms with van der Waals surface area (Å²) < 4.78 is 5.65. The van der Waals surface area contributed by atoms with E-state index < -0.39 is 0 Å². The van der Waals surface area contributed by atoms with Crippen LogP contribution in [0.5, 0.6) is 0 Å². The summed E-state index contributed by atoms with van der Waals surface area (Å²) in [6, 6.07) is 7.96. The van der Waals surface area contributed by atoms with E-state index in [0.717, 1.165) is 20.3 Å². The zero-order valence-electron chi connectivity index (χ0n) is 13.5. The van der Waals surface area contributed by atoms with Crippen molar-refractivity contribution in [3.8, 4) is 11.3 Å². The van der Waals surface area contributed by atoms with Gasteiger partial charge in [0.15, 0.2) is 0 Å². The van der Waals surface area contributed by atoms with Gasteiger partial charge < -0.3 is 4.57 Å². The van der Waals surface area contributed by atoms with Gasteiger partial charge in [0.1, 0.15) is 0 Å². The third kappa shape index (κ3) is 2.28. The van der Waals surface area contributed by atoms with Crippen molar-refractivity contribution in [3.05, 3.63) is 55.8 Å². The number of fused-ring (bicyclic) bond motifs is 1. The van der Waals surface area contributed by atoms with Crippen molar-refractivity contribution in [2.75, 3.05) is 0 Å². The predicted octanol–water partition coefficient (Wildman–Crippen LogP) is 3.05. The maximum atomic E-state index is 12.8. The van der Waals surface area contributed by atoms with Crippen LogP contribution in [0, 0.1) is 0 Å². The molecule has 23 heavy (non-hydrogen) atoms. The molecule has 1 aromatic carbocycles. The van der Waals surface area contributed by atoms with E-state index in [0.29, 0.717) is 10.9 Å². The van der Waals surface area contributed by atoms with Gasteiger partial charge in [0.05, 0.1) is 16.6 Å². The van der Waals surface area contributed by atoms with Gasteiger partial charge in [-0.05, 0) is 19.9 Å². The Bertz CT molecular complexity index is 1020. The highest BCUT2D eigenvalue weighted by Gasteiger charge is 2.21. The summed E-state index contributed by atoms with van der Waals surface area (Å²) in [4.78, 5) is 25.0. The van der Waals surface area contributed by atoms with Crippen molar-refractivity contribution in [3.63, 3.8) is 0 Å². The molecule has 2 aromatic heterocycles. The van der Waals surface area contributed by atoms with Gasteiger partial charge in [-0.15, -0.1) is 0 Å². The quantitative estimate of drug-likeness (QED) is 0.690. The van der Waals surface area contributed by atoms with Gasteiger partial charge in [-0.2, -0.15) is 0 Å². The molecular weight excluding hydrogens is 358 g/mol. The minimum absolute atomic E-state index is 0.157. The summed E-state index contributed by atoms with van der Waals surface area (Å²) in [7, 11) is 3.21. The second-order valence-electron chi connectivity index (χ2n) is 5.92. The topological polar surface area (TPSA) is 48.9 Å². The standard InChI is InChI=1S/C17H18BrN3O2/c1-10(2)21-9-13-14(16(22)20(4)17(23)19(13)3)15(21)11-7-5-6-8-12(11)18/h5-10H,1-4H3. The number of aryl methyl sites for hydroxylation is 1. The van der Waals surface area contributed by atoms with E-state index in [4.69, 9.17) is 0 Å². The molecular formula is C17H18BrN3O2. The molecule has 0 radical (unpaired) electrons. The highest BCUT2D eigenvalue weighted by Crippen LogP contribution is 2.34. The smallest absolute Gasteiger partial charge is 0.330 e. The molecule has 2 heterocycles. The van der Waals surface area contributed by atoms with E-state index in [1.54, 1.807) is 7.05 Å². The summed E-state index contributed by atoms with van der Waals surface area (Å²) in [6.07, 6.45) is 1.89. The fourth-order valence-electron chi connectivity index (χ4n) is 2.89. The highest BCUT2D eigenvalue weighted by molar-refractivity contribution is 9.10. The first-order chi connectivity index (χ1) is 10.8. The summed E-state index contributed by atoms with van der Waals surface area (Å²) in [5.41, 5.74) is 1.83. The summed E-state index contributed by atoms with van der Waals surface area (Å²) in [6.45, 7) is 4.11.